The predicted octanol–water partition coefficient (Wildman–Crippen LogP) is 4.75. The Balaban J connectivity index is 2.67. The molecule has 0 unspecified atom stereocenters. The van der Waals surface area contributed by atoms with E-state index in [0.29, 0.717) is 0 Å². The van der Waals surface area contributed by atoms with Gasteiger partial charge in [0.15, 0.2) is 0 Å². The minimum Gasteiger partial charge on any atom is -0.427 e. The zero-order valence-electron chi connectivity index (χ0n) is 13.9. The lowest BCUT2D eigenvalue weighted by Gasteiger charge is -2.21. The van der Waals surface area contributed by atoms with Gasteiger partial charge in [-0.15, -0.1) is 23.2 Å². The minimum absolute atomic E-state index is 0.119. The number of alkyl halides is 2. The van der Waals surface area contributed by atoms with E-state index in [1.807, 2.05) is 0 Å². The molecule has 0 saturated carbocycles. The van der Waals surface area contributed by atoms with Gasteiger partial charge in [0.05, 0.1) is 11.8 Å². The van der Waals surface area contributed by atoms with Gasteiger partial charge in [-0.1, -0.05) is 6.07 Å². The Morgan fingerprint density at radius 1 is 0.875 bits per heavy atom. The monoisotopic (exact) mass is 378 g/mol. The van der Waals surface area contributed by atoms with Gasteiger partial charge >= 0.3 is 12.3 Å². The number of ether oxygens (including phenoxy) is 4. The molecule has 0 heterocycles. The lowest BCUT2D eigenvalue weighted by molar-refractivity contribution is 0.0224. The van der Waals surface area contributed by atoms with Crippen molar-refractivity contribution in [2.75, 3.05) is 11.8 Å². The number of rotatable bonds is 6. The number of hydrogen-bond acceptors (Lipinski definition) is 6. The van der Waals surface area contributed by atoms with Crippen molar-refractivity contribution in [2.24, 2.45) is 0 Å². The molecule has 6 nitrogen and oxygen atoms in total. The minimum atomic E-state index is -0.913. The third-order valence-electron chi connectivity index (χ3n) is 2.57. The summed E-state index contributed by atoms with van der Waals surface area (Å²) in [5, 5.41) is 0. The number of benzene rings is 1. The van der Waals surface area contributed by atoms with Crippen molar-refractivity contribution in [1.29, 1.82) is 0 Å². The van der Waals surface area contributed by atoms with Gasteiger partial charge in [0, 0.05) is 6.07 Å². The fourth-order valence-electron chi connectivity index (χ4n) is 1.34. The summed E-state index contributed by atoms with van der Waals surface area (Å²) in [7, 11) is 0. The third-order valence-corrected chi connectivity index (χ3v) is 3.86. The summed E-state index contributed by atoms with van der Waals surface area (Å²) in [6.07, 6.45) is -1.83. The van der Waals surface area contributed by atoms with E-state index in [0.717, 1.165) is 0 Å². The highest BCUT2D eigenvalue weighted by Crippen LogP contribution is 2.22. The van der Waals surface area contributed by atoms with Gasteiger partial charge in [-0.05, 0) is 39.8 Å². The maximum absolute atomic E-state index is 11.7. The van der Waals surface area contributed by atoms with Crippen LogP contribution in [0, 0.1) is 0 Å². The van der Waals surface area contributed by atoms with Gasteiger partial charge in [-0.3, -0.25) is 0 Å². The zero-order valence-corrected chi connectivity index (χ0v) is 15.4. The van der Waals surface area contributed by atoms with Crippen LogP contribution in [0.15, 0.2) is 24.3 Å². The first kappa shape index (κ1) is 20.4. The molecule has 0 atom stereocenters. The highest BCUT2D eigenvalue weighted by molar-refractivity contribution is 6.18. The summed E-state index contributed by atoms with van der Waals surface area (Å²) >= 11 is 11.3. The van der Waals surface area contributed by atoms with Crippen molar-refractivity contribution in [3.05, 3.63) is 24.3 Å². The van der Waals surface area contributed by atoms with Crippen molar-refractivity contribution in [3.63, 3.8) is 0 Å². The quantitative estimate of drug-likeness (QED) is 0.404. The van der Waals surface area contributed by atoms with Crippen LogP contribution in [0.5, 0.6) is 11.5 Å². The maximum atomic E-state index is 11.7. The second kappa shape index (κ2) is 8.44. The van der Waals surface area contributed by atoms with Gasteiger partial charge < -0.3 is 18.9 Å². The van der Waals surface area contributed by atoms with Crippen LogP contribution in [0.25, 0.3) is 0 Å². The van der Waals surface area contributed by atoms with Crippen LogP contribution >= 0.6 is 23.2 Å². The van der Waals surface area contributed by atoms with Crippen molar-refractivity contribution < 1.29 is 28.5 Å². The van der Waals surface area contributed by atoms with Crippen molar-refractivity contribution in [1.82, 2.24) is 0 Å². The average molecular weight is 379 g/mol. The normalized spacial score (nSPS) is 11.6. The second-order valence-corrected chi connectivity index (χ2v) is 6.70. The van der Waals surface area contributed by atoms with Crippen molar-refractivity contribution >= 4 is 35.5 Å². The van der Waals surface area contributed by atoms with E-state index >= 15 is 0 Å². The Kier molecular flexibility index (Phi) is 7.17. The lowest BCUT2D eigenvalue weighted by Crippen LogP contribution is -2.31. The van der Waals surface area contributed by atoms with Gasteiger partial charge in [0.25, 0.3) is 0 Å². The molecule has 0 aromatic heterocycles. The van der Waals surface area contributed by atoms with Gasteiger partial charge in [-0.2, -0.15) is 0 Å². The molecule has 0 radical (unpaired) electrons. The first-order valence-corrected chi connectivity index (χ1v) is 8.17. The van der Waals surface area contributed by atoms with E-state index in [1.165, 1.54) is 18.2 Å². The van der Waals surface area contributed by atoms with E-state index < -0.39 is 23.5 Å². The zero-order chi connectivity index (χ0) is 18.4. The van der Waals surface area contributed by atoms with Crippen LogP contribution < -0.4 is 9.47 Å². The molecule has 134 valence electrons. The smallest absolute Gasteiger partial charge is 0.427 e. The Morgan fingerprint density at radius 2 is 1.25 bits per heavy atom. The molecule has 1 rings (SSSR count). The molecule has 0 N–H and O–H groups in total. The molecule has 0 spiro atoms. The third kappa shape index (κ3) is 7.27. The maximum Gasteiger partial charge on any atom is 0.514 e. The van der Waals surface area contributed by atoms with Crippen molar-refractivity contribution in [2.45, 2.75) is 38.9 Å². The molecule has 24 heavy (non-hydrogen) atoms. The van der Waals surface area contributed by atoms with Crippen molar-refractivity contribution in [3.8, 4) is 11.5 Å². The van der Waals surface area contributed by atoms with E-state index in [4.69, 9.17) is 42.1 Å². The Bertz CT molecular complexity index is 538. The molecular formula is C16H20Cl2O6. The Hall–Kier alpha value is -1.66. The molecule has 0 saturated heterocycles. The topological polar surface area (TPSA) is 71.1 Å². The summed E-state index contributed by atoms with van der Waals surface area (Å²) in [5.41, 5.74) is -1.71. The fraction of sp³-hybridized carbons (Fsp3) is 0.500. The van der Waals surface area contributed by atoms with Gasteiger partial charge in [0.1, 0.15) is 22.7 Å². The first-order chi connectivity index (χ1) is 11.1. The summed E-state index contributed by atoms with van der Waals surface area (Å²) in [5.74, 6) is 0.528. The Morgan fingerprint density at radius 3 is 1.58 bits per heavy atom. The molecule has 0 amide bonds. The summed E-state index contributed by atoms with van der Waals surface area (Å²) in [6, 6.07) is 5.92. The Labute approximate surface area is 150 Å². The summed E-state index contributed by atoms with van der Waals surface area (Å²) in [6.45, 7) is 6.59. The molecule has 0 aliphatic heterocycles. The van der Waals surface area contributed by atoms with Crippen LogP contribution in [0.1, 0.15) is 27.7 Å². The molecule has 0 aliphatic rings. The SMILES string of the molecule is CC(C)(CCl)OC(=O)Oc1cccc(OC(=O)OC(C)(C)CCl)c1. The largest absolute Gasteiger partial charge is 0.514 e. The molecule has 1 aromatic rings. The molecule has 0 fully saturated rings. The number of hydrogen-bond donors (Lipinski definition) is 0. The molecule has 0 bridgehead atoms. The molecule has 1 aromatic carbocycles. The predicted molar refractivity (Wildman–Crippen MR) is 90.3 cm³/mol. The highest BCUT2D eigenvalue weighted by Gasteiger charge is 2.24. The molecule has 8 heteroatoms. The van der Waals surface area contributed by atoms with Gasteiger partial charge in [0.2, 0.25) is 0 Å². The fourth-order valence-corrected chi connectivity index (χ4v) is 1.45. The van der Waals surface area contributed by atoms with E-state index in [-0.39, 0.29) is 23.3 Å². The van der Waals surface area contributed by atoms with Crippen LogP contribution in [0.2, 0.25) is 0 Å². The van der Waals surface area contributed by atoms with Crippen LogP contribution in [0.3, 0.4) is 0 Å². The van der Waals surface area contributed by atoms with Crippen LogP contribution in [-0.4, -0.2) is 35.3 Å². The van der Waals surface area contributed by atoms with E-state index in [1.54, 1.807) is 33.8 Å². The van der Waals surface area contributed by atoms with Crippen LogP contribution in [0.4, 0.5) is 9.59 Å². The first-order valence-electron chi connectivity index (χ1n) is 7.10. The van der Waals surface area contributed by atoms with Gasteiger partial charge in [-0.25, -0.2) is 9.59 Å². The van der Waals surface area contributed by atoms with E-state index in [2.05, 4.69) is 0 Å². The van der Waals surface area contributed by atoms with E-state index in [9.17, 15) is 9.59 Å². The molecule has 0 aliphatic carbocycles. The lowest BCUT2D eigenvalue weighted by atomic mass is 10.2. The highest BCUT2D eigenvalue weighted by atomic mass is 35.5. The number of halogens is 2. The summed E-state index contributed by atoms with van der Waals surface area (Å²) < 4.78 is 20.2. The second-order valence-electron chi connectivity index (χ2n) is 6.17. The molecular weight excluding hydrogens is 359 g/mol. The number of carbonyl (C=O) groups excluding carboxylic acids is 2. The van der Waals surface area contributed by atoms with Crippen LogP contribution in [-0.2, 0) is 9.47 Å². The standard InChI is InChI=1S/C16H20Cl2O6/c1-15(2,9-17)23-13(19)21-11-6-5-7-12(8-11)22-14(20)24-16(3,4)10-18/h5-8H,9-10H2,1-4H3. The number of carbonyl (C=O) groups is 2. The summed E-state index contributed by atoms with van der Waals surface area (Å²) in [4.78, 5) is 23.4. The average Bonchev–Trinajstić information content (AvgIpc) is 2.46.